The number of nitrogens with zero attached hydrogens (tertiary/aromatic N) is 4. The number of allylic oxidation sites excluding steroid dienone is 1. The molecule has 9 nitrogen and oxygen atoms in total. The highest BCUT2D eigenvalue weighted by Gasteiger charge is 2.19. The summed E-state index contributed by atoms with van der Waals surface area (Å²) in [5, 5.41) is 12.1. The summed E-state index contributed by atoms with van der Waals surface area (Å²) in [6.45, 7) is 13.1. The van der Waals surface area contributed by atoms with Gasteiger partial charge < -0.3 is 19.7 Å². The molecule has 3 aromatic rings. The van der Waals surface area contributed by atoms with E-state index in [4.69, 9.17) is 9.47 Å². The summed E-state index contributed by atoms with van der Waals surface area (Å²) in [6.07, 6.45) is 1.76. The fourth-order valence-corrected chi connectivity index (χ4v) is 5.00. The molecule has 39 heavy (non-hydrogen) atoms. The number of anilines is 1. The van der Waals surface area contributed by atoms with Crippen molar-refractivity contribution in [3.8, 4) is 5.75 Å². The van der Waals surface area contributed by atoms with Crippen molar-refractivity contribution in [3.05, 3.63) is 77.6 Å². The van der Waals surface area contributed by atoms with Crippen LogP contribution in [0, 0.1) is 6.92 Å². The monoisotopic (exact) mass is 549 g/mol. The number of amides is 2. The van der Waals surface area contributed by atoms with E-state index < -0.39 is 0 Å². The first-order valence-electron chi connectivity index (χ1n) is 13.0. The number of benzene rings is 2. The van der Waals surface area contributed by atoms with Gasteiger partial charge in [-0.15, -0.1) is 16.8 Å². The number of morpholine rings is 1. The van der Waals surface area contributed by atoms with Crippen molar-refractivity contribution in [2.45, 2.75) is 45.0 Å². The molecule has 1 N–H and O–H groups in total. The van der Waals surface area contributed by atoms with Crippen LogP contribution in [0.4, 0.5) is 5.69 Å². The molecule has 1 aromatic heterocycles. The maximum absolute atomic E-state index is 12.8. The maximum Gasteiger partial charge on any atom is 0.254 e. The SMILES string of the molecule is C=CCn1c(COc2cc(C)ccc2C(C)C)nnc1SCC(=O)Nc1cccc(C(=O)N2CCOCC2)c1. The van der Waals surface area contributed by atoms with Crippen LogP contribution in [0.5, 0.6) is 5.75 Å². The van der Waals surface area contributed by atoms with Crippen LogP contribution in [0.1, 0.15) is 47.1 Å². The maximum atomic E-state index is 12.8. The van der Waals surface area contributed by atoms with Gasteiger partial charge in [0.1, 0.15) is 12.4 Å². The molecule has 2 amide bonds. The summed E-state index contributed by atoms with van der Waals surface area (Å²) in [5.74, 6) is 1.68. The molecule has 4 rings (SSSR count). The lowest BCUT2D eigenvalue weighted by molar-refractivity contribution is -0.113. The van der Waals surface area contributed by atoms with Crippen molar-refractivity contribution < 1.29 is 19.1 Å². The third kappa shape index (κ3) is 7.48. The number of rotatable bonds is 11. The quantitative estimate of drug-likeness (QED) is 0.274. The fraction of sp³-hybridized carbons (Fsp3) is 0.379. The number of nitrogens with one attached hydrogen (secondary N) is 1. The van der Waals surface area contributed by atoms with Gasteiger partial charge in [0.25, 0.3) is 5.91 Å². The van der Waals surface area contributed by atoms with E-state index in [1.807, 2.05) is 17.6 Å². The highest BCUT2D eigenvalue weighted by molar-refractivity contribution is 7.99. The van der Waals surface area contributed by atoms with E-state index >= 15 is 0 Å². The number of carbonyl (C=O) groups is 2. The van der Waals surface area contributed by atoms with Crippen LogP contribution in [0.2, 0.25) is 0 Å². The van der Waals surface area contributed by atoms with Crippen molar-refractivity contribution in [3.63, 3.8) is 0 Å². The molecular weight excluding hydrogens is 514 g/mol. The zero-order chi connectivity index (χ0) is 27.8. The number of aromatic nitrogens is 3. The lowest BCUT2D eigenvalue weighted by Crippen LogP contribution is -2.40. The van der Waals surface area contributed by atoms with E-state index in [0.717, 1.165) is 16.9 Å². The van der Waals surface area contributed by atoms with Crippen LogP contribution in [0.3, 0.4) is 0 Å². The second-order valence-electron chi connectivity index (χ2n) is 9.60. The van der Waals surface area contributed by atoms with E-state index in [2.05, 4.69) is 48.1 Å². The first kappa shape index (κ1) is 28.4. The predicted octanol–water partition coefficient (Wildman–Crippen LogP) is 4.68. The van der Waals surface area contributed by atoms with E-state index in [0.29, 0.717) is 61.0 Å². The van der Waals surface area contributed by atoms with Gasteiger partial charge in [0.15, 0.2) is 11.0 Å². The third-order valence-corrected chi connectivity index (χ3v) is 7.24. The molecule has 0 saturated carbocycles. The Morgan fingerprint density at radius 2 is 1.97 bits per heavy atom. The molecule has 1 saturated heterocycles. The smallest absolute Gasteiger partial charge is 0.254 e. The average molecular weight is 550 g/mol. The minimum absolute atomic E-state index is 0.0674. The van der Waals surface area contributed by atoms with Crippen molar-refractivity contribution in [2.24, 2.45) is 0 Å². The Labute approximate surface area is 233 Å². The molecule has 0 radical (unpaired) electrons. The van der Waals surface area contributed by atoms with Crippen LogP contribution in [-0.4, -0.2) is 63.5 Å². The molecular formula is C29H35N5O4S. The number of hydrogen-bond donors (Lipinski definition) is 1. The van der Waals surface area contributed by atoms with Gasteiger partial charge in [-0.25, -0.2) is 0 Å². The molecule has 1 aliphatic rings. The summed E-state index contributed by atoms with van der Waals surface area (Å²) in [5.41, 5.74) is 3.37. The molecule has 0 atom stereocenters. The first-order valence-corrected chi connectivity index (χ1v) is 14.0. The molecule has 206 valence electrons. The second-order valence-corrected chi connectivity index (χ2v) is 10.5. The summed E-state index contributed by atoms with van der Waals surface area (Å²) >= 11 is 1.29. The van der Waals surface area contributed by atoms with Gasteiger partial charge in [-0.05, 0) is 48.2 Å². The molecule has 1 aliphatic heterocycles. The minimum atomic E-state index is -0.205. The second kappa shape index (κ2) is 13.4. The lowest BCUT2D eigenvalue weighted by atomic mass is 10.0. The lowest BCUT2D eigenvalue weighted by Gasteiger charge is -2.27. The normalized spacial score (nSPS) is 13.4. The zero-order valence-electron chi connectivity index (χ0n) is 22.7. The van der Waals surface area contributed by atoms with E-state index in [1.165, 1.54) is 11.8 Å². The van der Waals surface area contributed by atoms with Gasteiger partial charge in [-0.2, -0.15) is 0 Å². The Morgan fingerprint density at radius 3 is 2.72 bits per heavy atom. The summed E-state index contributed by atoms with van der Waals surface area (Å²) in [6, 6.07) is 13.2. The first-order chi connectivity index (χ1) is 18.9. The molecule has 0 unspecified atom stereocenters. The summed E-state index contributed by atoms with van der Waals surface area (Å²) < 4.78 is 13.4. The predicted molar refractivity (Wildman–Crippen MR) is 152 cm³/mol. The number of thioether (sulfide) groups is 1. The largest absolute Gasteiger partial charge is 0.485 e. The third-order valence-electron chi connectivity index (χ3n) is 6.28. The van der Waals surface area contributed by atoms with Crippen molar-refractivity contribution >= 4 is 29.3 Å². The van der Waals surface area contributed by atoms with Gasteiger partial charge in [0.05, 0.1) is 19.0 Å². The minimum Gasteiger partial charge on any atom is -0.485 e. The average Bonchev–Trinajstić information content (AvgIpc) is 3.32. The van der Waals surface area contributed by atoms with Crippen molar-refractivity contribution in [1.29, 1.82) is 0 Å². The Balaban J connectivity index is 1.37. The summed E-state index contributed by atoms with van der Waals surface area (Å²) in [7, 11) is 0. The molecule has 10 heteroatoms. The van der Waals surface area contributed by atoms with Gasteiger partial charge in [-0.1, -0.05) is 49.9 Å². The highest BCUT2D eigenvalue weighted by atomic mass is 32.2. The fourth-order valence-electron chi connectivity index (χ4n) is 4.24. The van der Waals surface area contributed by atoms with E-state index in [-0.39, 0.29) is 24.2 Å². The van der Waals surface area contributed by atoms with E-state index in [9.17, 15) is 9.59 Å². The van der Waals surface area contributed by atoms with Crippen molar-refractivity contribution in [2.75, 3.05) is 37.4 Å². The molecule has 0 aliphatic carbocycles. The molecule has 1 fully saturated rings. The zero-order valence-corrected chi connectivity index (χ0v) is 23.5. The Kier molecular flexibility index (Phi) is 9.78. The van der Waals surface area contributed by atoms with Crippen LogP contribution in [-0.2, 0) is 22.7 Å². The Hall–Kier alpha value is -3.63. The van der Waals surface area contributed by atoms with Crippen LogP contribution < -0.4 is 10.1 Å². The van der Waals surface area contributed by atoms with Gasteiger partial charge in [0.2, 0.25) is 5.91 Å². The number of hydrogen-bond acceptors (Lipinski definition) is 7. The molecule has 2 heterocycles. The number of carbonyl (C=O) groups excluding carboxylic acids is 2. The van der Waals surface area contributed by atoms with Gasteiger partial charge in [0, 0.05) is 30.9 Å². The highest BCUT2D eigenvalue weighted by Crippen LogP contribution is 2.28. The molecule has 0 bridgehead atoms. The number of ether oxygens (including phenoxy) is 2. The van der Waals surface area contributed by atoms with Gasteiger partial charge in [-0.3, -0.25) is 14.2 Å². The summed E-state index contributed by atoms with van der Waals surface area (Å²) in [4.78, 5) is 27.3. The molecule has 0 spiro atoms. The topological polar surface area (TPSA) is 98.6 Å². The molecule has 2 aromatic carbocycles. The van der Waals surface area contributed by atoms with Crippen molar-refractivity contribution in [1.82, 2.24) is 19.7 Å². The van der Waals surface area contributed by atoms with E-state index in [1.54, 1.807) is 35.2 Å². The Bertz CT molecular complexity index is 1320. The van der Waals surface area contributed by atoms with Gasteiger partial charge >= 0.3 is 0 Å². The van der Waals surface area contributed by atoms with Crippen LogP contribution in [0.15, 0.2) is 60.3 Å². The van der Waals surface area contributed by atoms with Crippen LogP contribution in [0.25, 0.3) is 0 Å². The number of aryl methyl sites for hydroxylation is 1. The Morgan fingerprint density at radius 1 is 1.18 bits per heavy atom. The van der Waals surface area contributed by atoms with Crippen LogP contribution >= 0.6 is 11.8 Å². The standard InChI is InChI=1S/C29H35N5O4S/c1-5-11-34-26(18-38-25-16-21(4)9-10-24(25)20(2)3)31-32-29(34)39-19-27(35)30-23-8-6-7-22(17-23)28(36)33-12-14-37-15-13-33/h5-10,16-17,20H,1,11-15,18-19H2,2-4H3,(H,30,35).